The molecule has 6 nitrogen and oxygen atoms in total. The Labute approximate surface area is 93.7 Å². The van der Waals surface area contributed by atoms with Crippen LogP contribution in [0.3, 0.4) is 0 Å². The van der Waals surface area contributed by atoms with E-state index in [0.29, 0.717) is 17.8 Å². The quantitative estimate of drug-likeness (QED) is 0.819. The molecule has 1 unspecified atom stereocenters. The van der Waals surface area contributed by atoms with Gasteiger partial charge < -0.3 is 9.84 Å². The van der Waals surface area contributed by atoms with Crippen LogP contribution in [-0.2, 0) is 13.5 Å². The standard InChI is InChI=1S/C10H15N5O/c1-7(11-2)4-9-13-10(14-16-9)8-5-12-15(3)6-8/h5-7,11H,4H2,1-3H3. The minimum atomic E-state index is 0.321. The molecule has 86 valence electrons. The van der Waals surface area contributed by atoms with Crippen LogP contribution in [0.15, 0.2) is 16.9 Å². The molecule has 0 radical (unpaired) electrons. The van der Waals surface area contributed by atoms with Crippen molar-refractivity contribution in [2.75, 3.05) is 7.05 Å². The first-order valence-electron chi connectivity index (χ1n) is 5.18. The second-order valence-electron chi connectivity index (χ2n) is 3.81. The fraction of sp³-hybridized carbons (Fsp3) is 0.500. The predicted octanol–water partition coefficient (Wildman–Crippen LogP) is 0.620. The molecule has 2 aromatic heterocycles. The molecule has 16 heavy (non-hydrogen) atoms. The summed E-state index contributed by atoms with van der Waals surface area (Å²) in [6.07, 6.45) is 4.30. The van der Waals surface area contributed by atoms with E-state index in [1.54, 1.807) is 10.9 Å². The van der Waals surface area contributed by atoms with Gasteiger partial charge >= 0.3 is 0 Å². The average Bonchev–Trinajstić information content (AvgIpc) is 2.87. The van der Waals surface area contributed by atoms with Crippen molar-refractivity contribution in [3.63, 3.8) is 0 Å². The van der Waals surface area contributed by atoms with Gasteiger partial charge in [-0.2, -0.15) is 10.1 Å². The van der Waals surface area contributed by atoms with Gasteiger partial charge in [0.15, 0.2) is 0 Å². The molecule has 0 spiro atoms. The van der Waals surface area contributed by atoms with E-state index >= 15 is 0 Å². The van der Waals surface area contributed by atoms with Gasteiger partial charge in [0.05, 0.1) is 11.8 Å². The molecule has 1 atom stereocenters. The molecule has 0 fully saturated rings. The molecular formula is C10H15N5O. The third-order valence-corrected chi connectivity index (χ3v) is 2.40. The molecule has 2 rings (SSSR count). The molecule has 0 saturated carbocycles. The lowest BCUT2D eigenvalue weighted by atomic mass is 10.2. The summed E-state index contributed by atoms with van der Waals surface area (Å²) < 4.78 is 6.87. The second kappa shape index (κ2) is 4.44. The Kier molecular flexibility index (Phi) is 3.00. The lowest BCUT2D eigenvalue weighted by Gasteiger charge is -2.04. The molecule has 0 bridgehead atoms. The number of nitrogens with one attached hydrogen (secondary N) is 1. The summed E-state index contributed by atoms with van der Waals surface area (Å²) >= 11 is 0. The number of hydrogen-bond acceptors (Lipinski definition) is 5. The Morgan fingerprint density at radius 3 is 3.00 bits per heavy atom. The van der Waals surface area contributed by atoms with Crippen molar-refractivity contribution in [2.45, 2.75) is 19.4 Å². The maximum absolute atomic E-state index is 5.16. The highest BCUT2D eigenvalue weighted by Crippen LogP contribution is 2.14. The zero-order valence-electron chi connectivity index (χ0n) is 9.64. The van der Waals surface area contributed by atoms with Gasteiger partial charge in [0.25, 0.3) is 0 Å². The van der Waals surface area contributed by atoms with E-state index in [-0.39, 0.29) is 0 Å². The number of likely N-dealkylation sites (N-methyl/N-ethyl adjacent to an activating group) is 1. The Balaban J connectivity index is 2.13. The van der Waals surface area contributed by atoms with Crippen molar-refractivity contribution in [3.8, 4) is 11.4 Å². The summed E-state index contributed by atoms with van der Waals surface area (Å²) in [5.41, 5.74) is 0.870. The van der Waals surface area contributed by atoms with Crippen molar-refractivity contribution in [3.05, 3.63) is 18.3 Å². The van der Waals surface area contributed by atoms with Crippen molar-refractivity contribution in [1.82, 2.24) is 25.2 Å². The molecule has 0 aromatic carbocycles. The maximum Gasteiger partial charge on any atom is 0.228 e. The second-order valence-corrected chi connectivity index (χ2v) is 3.81. The zero-order chi connectivity index (χ0) is 11.5. The summed E-state index contributed by atoms with van der Waals surface area (Å²) in [5.74, 6) is 1.23. The van der Waals surface area contributed by atoms with E-state index < -0.39 is 0 Å². The van der Waals surface area contributed by atoms with Crippen molar-refractivity contribution in [1.29, 1.82) is 0 Å². The van der Waals surface area contributed by atoms with Crippen molar-refractivity contribution < 1.29 is 4.52 Å². The van der Waals surface area contributed by atoms with Crippen LogP contribution in [0.25, 0.3) is 11.4 Å². The zero-order valence-corrected chi connectivity index (χ0v) is 9.64. The Morgan fingerprint density at radius 1 is 1.56 bits per heavy atom. The molecule has 0 aliphatic heterocycles. The fourth-order valence-electron chi connectivity index (χ4n) is 1.36. The van der Waals surface area contributed by atoms with Crippen LogP contribution in [-0.4, -0.2) is 33.0 Å². The number of nitrogens with zero attached hydrogens (tertiary/aromatic N) is 4. The highest BCUT2D eigenvalue weighted by molar-refractivity contribution is 5.50. The van der Waals surface area contributed by atoms with Gasteiger partial charge in [-0.25, -0.2) is 0 Å². The summed E-state index contributed by atoms with van der Waals surface area (Å²) in [6.45, 7) is 2.06. The third kappa shape index (κ3) is 2.27. The largest absolute Gasteiger partial charge is 0.339 e. The Hall–Kier alpha value is -1.69. The lowest BCUT2D eigenvalue weighted by molar-refractivity contribution is 0.365. The Morgan fingerprint density at radius 2 is 2.38 bits per heavy atom. The molecular weight excluding hydrogens is 206 g/mol. The maximum atomic E-state index is 5.16. The van der Waals surface area contributed by atoms with E-state index in [9.17, 15) is 0 Å². The van der Waals surface area contributed by atoms with Gasteiger partial charge in [-0.05, 0) is 14.0 Å². The highest BCUT2D eigenvalue weighted by Gasteiger charge is 2.11. The molecule has 0 aliphatic carbocycles. The monoisotopic (exact) mass is 221 g/mol. The van der Waals surface area contributed by atoms with Crippen LogP contribution in [0, 0.1) is 0 Å². The van der Waals surface area contributed by atoms with Gasteiger partial charge in [-0.15, -0.1) is 0 Å². The number of rotatable bonds is 4. The fourth-order valence-corrected chi connectivity index (χ4v) is 1.36. The normalized spacial score (nSPS) is 12.9. The summed E-state index contributed by atoms with van der Waals surface area (Å²) in [6, 6.07) is 0.321. The van der Waals surface area contributed by atoms with Crippen LogP contribution in [0.1, 0.15) is 12.8 Å². The lowest BCUT2D eigenvalue weighted by Crippen LogP contribution is -2.23. The summed E-state index contributed by atoms with van der Waals surface area (Å²) in [4.78, 5) is 4.31. The molecule has 0 aliphatic rings. The SMILES string of the molecule is CNC(C)Cc1nc(-c2cnn(C)c2)no1. The van der Waals surface area contributed by atoms with Crippen LogP contribution in [0.4, 0.5) is 0 Å². The number of hydrogen-bond donors (Lipinski definition) is 1. The first kappa shape index (κ1) is 10.8. The minimum absolute atomic E-state index is 0.321. The van der Waals surface area contributed by atoms with Gasteiger partial charge in [0.2, 0.25) is 11.7 Å². The molecule has 0 amide bonds. The van der Waals surface area contributed by atoms with E-state index in [0.717, 1.165) is 12.0 Å². The highest BCUT2D eigenvalue weighted by atomic mass is 16.5. The smallest absolute Gasteiger partial charge is 0.228 e. The van der Waals surface area contributed by atoms with Crippen LogP contribution in [0.5, 0.6) is 0 Å². The first-order chi connectivity index (χ1) is 7.69. The predicted molar refractivity (Wildman–Crippen MR) is 58.7 cm³/mol. The van der Waals surface area contributed by atoms with E-state index in [1.165, 1.54) is 0 Å². The summed E-state index contributed by atoms with van der Waals surface area (Å²) in [5, 5.41) is 11.1. The molecule has 0 saturated heterocycles. The van der Waals surface area contributed by atoms with Crippen molar-refractivity contribution >= 4 is 0 Å². The van der Waals surface area contributed by atoms with Gasteiger partial charge in [0, 0.05) is 25.7 Å². The average molecular weight is 221 g/mol. The first-order valence-corrected chi connectivity index (χ1v) is 5.18. The van der Waals surface area contributed by atoms with E-state index in [4.69, 9.17) is 4.52 Å². The minimum Gasteiger partial charge on any atom is -0.339 e. The number of aromatic nitrogens is 4. The van der Waals surface area contributed by atoms with E-state index in [1.807, 2.05) is 20.3 Å². The number of aryl methyl sites for hydroxylation is 1. The molecule has 1 N–H and O–H groups in total. The third-order valence-electron chi connectivity index (χ3n) is 2.40. The molecule has 2 heterocycles. The van der Waals surface area contributed by atoms with Gasteiger partial charge in [-0.1, -0.05) is 5.16 Å². The van der Waals surface area contributed by atoms with Gasteiger partial charge in [-0.3, -0.25) is 4.68 Å². The van der Waals surface area contributed by atoms with Gasteiger partial charge in [0.1, 0.15) is 0 Å². The Bertz CT molecular complexity index is 461. The van der Waals surface area contributed by atoms with Crippen LogP contribution >= 0.6 is 0 Å². The van der Waals surface area contributed by atoms with Crippen LogP contribution in [0.2, 0.25) is 0 Å². The molecule has 6 heteroatoms. The van der Waals surface area contributed by atoms with E-state index in [2.05, 4.69) is 27.5 Å². The molecule has 2 aromatic rings. The topological polar surface area (TPSA) is 68.8 Å². The van der Waals surface area contributed by atoms with Crippen LogP contribution < -0.4 is 5.32 Å². The summed E-state index contributed by atoms with van der Waals surface area (Å²) in [7, 11) is 3.76. The van der Waals surface area contributed by atoms with Crippen molar-refractivity contribution in [2.24, 2.45) is 7.05 Å².